The zero-order valence-corrected chi connectivity index (χ0v) is 16.0. The number of rotatable bonds is 3. The van der Waals surface area contributed by atoms with Crippen LogP contribution in [0.15, 0.2) is 11.0 Å². The quantitative estimate of drug-likeness (QED) is 0.695. The summed E-state index contributed by atoms with van der Waals surface area (Å²) in [4.78, 5) is 16.3. The Morgan fingerprint density at radius 3 is 2.78 bits per heavy atom. The molecule has 1 aliphatic rings. The maximum Gasteiger partial charge on any atom is 0.166 e. The maximum atomic E-state index is 9.52. The van der Waals surface area contributed by atoms with Crippen LogP contribution in [0, 0.1) is 18.3 Å². The van der Waals surface area contributed by atoms with E-state index in [1.165, 1.54) is 0 Å². The molecule has 1 aliphatic heterocycles. The van der Waals surface area contributed by atoms with Crippen molar-refractivity contribution < 1.29 is 4.63 Å². The Balaban J connectivity index is 1.87. The van der Waals surface area contributed by atoms with Gasteiger partial charge in [-0.2, -0.15) is 5.26 Å². The Morgan fingerprint density at radius 2 is 2.11 bits per heavy atom. The van der Waals surface area contributed by atoms with Crippen molar-refractivity contribution in [2.24, 2.45) is 0 Å². The normalized spacial score (nSPS) is 17.6. The maximum absolute atomic E-state index is 9.52. The third kappa shape index (κ3) is 3.01. The molecular weight excluding hydrogens is 344 g/mol. The summed E-state index contributed by atoms with van der Waals surface area (Å²) < 4.78 is 6.74. The Kier molecular flexibility index (Phi) is 4.06. The standard InChI is InChI=1S/C18H22N8O/c1-11-13(24-27-23-11)9-25-10-20-14-15(25)21-17(18(2,3)4)22-16(14)26-7-5-6-12(26)8-19/h10,12H,5-7,9H2,1-4H3/t12-/m1/s1. The summed E-state index contributed by atoms with van der Waals surface area (Å²) in [5.41, 5.74) is 2.69. The number of aromatic nitrogens is 6. The van der Waals surface area contributed by atoms with Gasteiger partial charge in [0.05, 0.1) is 18.9 Å². The van der Waals surface area contributed by atoms with Gasteiger partial charge >= 0.3 is 0 Å². The Bertz CT molecular complexity index is 1020. The molecule has 1 fully saturated rings. The van der Waals surface area contributed by atoms with E-state index in [0.717, 1.165) is 48.1 Å². The molecule has 4 rings (SSSR count). The van der Waals surface area contributed by atoms with Crippen molar-refractivity contribution in [3.63, 3.8) is 0 Å². The van der Waals surface area contributed by atoms with Gasteiger partial charge in [0.1, 0.15) is 23.3 Å². The monoisotopic (exact) mass is 366 g/mol. The molecule has 0 spiro atoms. The van der Waals surface area contributed by atoms with Crippen LogP contribution >= 0.6 is 0 Å². The fraction of sp³-hybridized carbons (Fsp3) is 0.556. The molecule has 0 aliphatic carbocycles. The van der Waals surface area contributed by atoms with Gasteiger partial charge in [-0.1, -0.05) is 31.1 Å². The lowest BCUT2D eigenvalue weighted by Gasteiger charge is -2.24. The molecule has 0 amide bonds. The zero-order valence-electron chi connectivity index (χ0n) is 16.0. The molecule has 1 atom stereocenters. The van der Waals surface area contributed by atoms with Gasteiger partial charge in [0.2, 0.25) is 0 Å². The van der Waals surface area contributed by atoms with E-state index in [9.17, 15) is 5.26 Å². The fourth-order valence-electron chi connectivity index (χ4n) is 3.29. The summed E-state index contributed by atoms with van der Waals surface area (Å²) in [6.45, 7) is 9.36. The van der Waals surface area contributed by atoms with Gasteiger partial charge in [-0.05, 0) is 19.8 Å². The lowest BCUT2D eigenvalue weighted by Crippen LogP contribution is -2.30. The second-order valence-corrected chi connectivity index (χ2v) is 7.94. The Hall–Kier alpha value is -3.02. The highest BCUT2D eigenvalue weighted by Crippen LogP contribution is 2.32. The number of fused-ring (bicyclic) bond motifs is 1. The van der Waals surface area contributed by atoms with Crippen molar-refractivity contribution in [2.45, 2.75) is 58.5 Å². The molecule has 3 aromatic heterocycles. The summed E-state index contributed by atoms with van der Waals surface area (Å²) in [6.07, 6.45) is 3.55. The van der Waals surface area contributed by atoms with Crippen molar-refractivity contribution >= 4 is 17.0 Å². The molecule has 140 valence electrons. The van der Waals surface area contributed by atoms with E-state index in [-0.39, 0.29) is 11.5 Å². The molecule has 3 aromatic rings. The summed E-state index contributed by atoms with van der Waals surface area (Å²) in [5.74, 6) is 1.47. The van der Waals surface area contributed by atoms with E-state index in [1.807, 2.05) is 11.5 Å². The molecule has 4 heterocycles. The van der Waals surface area contributed by atoms with Crippen molar-refractivity contribution in [1.29, 1.82) is 5.26 Å². The largest absolute Gasteiger partial charge is 0.339 e. The Labute approximate surface area is 157 Å². The van der Waals surface area contributed by atoms with Crippen molar-refractivity contribution in [1.82, 2.24) is 29.8 Å². The van der Waals surface area contributed by atoms with Gasteiger partial charge in [-0.25, -0.2) is 19.6 Å². The van der Waals surface area contributed by atoms with E-state index < -0.39 is 0 Å². The van der Waals surface area contributed by atoms with Crippen LogP contribution in [0.5, 0.6) is 0 Å². The number of anilines is 1. The van der Waals surface area contributed by atoms with Crippen LogP contribution in [-0.4, -0.2) is 42.4 Å². The smallest absolute Gasteiger partial charge is 0.166 e. The first-order valence-electron chi connectivity index (χ1n) is 9.06. The average Bonchev–Trinajstić information content (AvgIpc) is 3.34. The average molecular weight is 366 g/mol. The molecular formula is C18H22N8O. The van der Waals surface area contributed by atoms with Gasteiger partial charge in [-0.3, -0.25) is 0 Å². The van der Waals surface area contributed by atoms with Gasteiger partial charge in [-0.15, -0.1) is 0 Å². The number of hydrogen-bond acceptors (Lipinski definition) is 8. The predicted molar refractivity (Wildman–Crippen MR) is 98.1 cm³/mol. The highest BCUT2D eigenvalue weighted by atomic mass is 16.6. The van der Waals surface area contributed by atoms with E-state index in [1.54, 1.807) is 6.33 Å². The lowest BCUT2D eigenvalue weighted by molar-refractivity contribution is 0.300. The minimum atomic E-state index is -0.231. The van der Waals surface area contributed by atoms with Crippen LogP contribution in [0.3, 0.4) is 0 Å². The number of hydrogen-bond donors (Lipinski definition) is 0. The first-order valence-corrected chi connectivity index (χ1v) is 9.06. The zero-order chi connectivity index (χ0) is 19.2. The topological polar surface area (TPSA) is 110 Å². The second-order valence-electron chi connectivity index (χ2n) is 7.94. The minimum Gasteiger partial charge on any atom is -0.339 e. The summed E-state index contributed by atoms with van der Waals surface area (Å²) in [7, 11) is 0. The van der Waals surface area contributed by atoms with Gasteiger partial charge in [0, 0.05) is 12.0 Å². The number of aryl methyl sites for hydroxylation is 1. The molecule has 0 N–H and O–H groups in total. The molecule has 0 radical (unpaired) electrons. The van der Waals surface area contributed by atoms with Crippen molar-refractivity contribution in [3.8, 4) is 6.07 Å². The molecule has 0 bridgehead atoms. The third-order valence-electron chi connectivity index (χ3n) is 4.86. The van der Waals surface area contributed by atoms with Crippen LogP contribution < -0.4 is 4.90 Å². The molecule has 0 aromatic carbocycles. The predicted octanol–water partition coefficient (Wildman–Crippen LogP) is 2.36. The van der Waals surface area contributed by atoms with Gasteiger partial charge in [0.25, 0.3) is 0 Å². The van der Waals surface area contributed by atoms with Crippen LogP contribution in [0.1, 0.15) is 50.8 Å². The summed E-state index contributed by atoms with van der Waals surface area (Å²) in [5, 5.41) is 17.3. The van der Waals surface area contributed by atoms with Crippen LogP contribution in [0.25, 0.3) is 11.2 Å². The van der Waals surface area contributed by atoms with Crippen LogP contribution in [0.4, 0.5) is 5.82 Å². The molecule has 1 saturated heterocycles. The summed E-state index contributed by atoms with van der Waals surface area (Å²) in [6, 6.07) is 2.21. The number of nitrogens with zero attached hydrogens (tertiary/aromatic N) is 8. The highest BCUT2D eigenvalue weighted by molar-refractivity contribution is 5.84. The molecule has 0 unspecified atom stereocenters. The molecule has 0 saturated carbocycles. The van der Waals surface area contributed by atoms with E-state index in [0.29, 0.717) is 12.1 Å². The van der Waals surface area contributed by atoms with E-state index in [2.05, 4.69) is 47.0 Å². The fourth-order valence-corrected chi connectivity index (χ4v) is 3.29. The summed E-state index contributed by atoms with van der Waals surface area (Å²) >= 11 is 0. The molecule has 9 heteroatoms. The number of nitriles is 1. The van der Waals surface area contributed by atoms with Crippen LogP contribution in [0.2, 0.25) is 0 Å². The number of imidazole rings is 1. The lowest BCUT2D eigenvalue weighted by atomic mass is 9.95. The van der Waals surface area contributed by atoms with Crippen molar-refractivity contribution in [2.75, 3.05) is 11.4 Å². The van der Waals surface area contributed by atoms with Gasteiger partial charge < -0.3 is 9.47 Å². The van der Waals surface area contributed by atoms with Crippen LogP contribution in [-0.2, 0) is 12.0 Å². The van der Waals surface area contributed by atoms with Gasteiger partial charge in [0.15, 0.2) is 17.0 Å². The first kappa shape index (κ1) is 17.4. The SMILES string of the molecule is Cc1nonc1Cn1cnc2c(N3CCC[C@@H]3C#N)nc(C(C)(C)C)nc21. The second kappa shape index (κ2) is 6.30. The molecule has 9 nitrogen and oxygen atoms in total. The van der Waals surface area contributed by atoms with E-state index >= 15 is 0 Å². The highest BCUT2D eigenvalue weighted by Gasteiger charge is 2.30. The van der Waals surface area contributed by atoms with E-state index in [4.69, 9.17) is 14.6 Å². The molecule has 27 heavy (non-hydrogen) atoms. The Morgan fingerprint density at radius 1 is 1.30 bits per heavy atom. The van der Waals surface area contributed by atoms with Crippen molar-refractivity contribution in [3.05, 3.63) is 23.5 Å². The minimum absolute atomic E-state index is 0.178. The third-order valence-corrected chi connectivity index (χ3v) is 4.86. The first-order chi connectivity index (χ1) is 12.9.